The van der Waals surface area contributed by atoms with Gasteiger partial charge in [0, 0.05) is 12.7 Å². The highest BCUT2D eigenvalue weighted by atomic mass is 79.9. The molecule has 2 rings (SSSR count). The molecule has 0 bridgehead atoms. The second kappa shape index (κ2) is 3.93. The lowest BCUT2D eigenvalue weighted by atomic mass is 9.77. The van der Waals surface area contributed by atoms with E-state index >= 15 is 0 Å². The number of anilines is 1. The maximum absolute atomic E-state index is 5.66. The van der Waals surface area contributed by atoms with E-state index in [4.69, 9.17) is 5.73 Å². The van der Waals surface area contributed by atoms with Crippen molar-refractivity contribution in [1.29, 1.82) is 0 Å². The largest absolute Gasteiger partial charge is 0.381 e. The van der Waals surface area contributed by atoms with Crippen molar-refractivity contribution in [2.24, 2.45) is 11.8 Å². The van der Waals surface area contributed by atoms with Crippen LogP contribution in [0.15, 0.2) is 10.7 Å². The molecule has 1 heterocycles. The quantitative estimate of drug-likeness (QED) is 0.905. The Labute approximate surface area is 92.8 Å². The van der Waals surface area contributed by atoms with Gasteiger partial charge in [0.2, 0.25) is 0 Å². The zero-order valence-corrected chi connectivity index (χ0v) is 10.00. The highest BCUT2D eigenvalue weighted by molar-refractivity contribution is 9.10. The average Bonchev–Trinajstić information content (AvgIpc) is 2.26. The van der Waals surface area contributed by atoms with Crippen molar-refractivity contribution in [2.75, 3.05) is 5.73 Å². The van der Waals surface area contributed by atoms with Crippen LogP contribution < -0.4 is 5.73 Å². The fourth-order valence-electron chi connectivity index (χ4n) is 1.96. The Balaban J connectivity index is 1.95. The number of halogens is 1. The van der Waals surface area contributed by atoms with Gasteiger partial charge in [0.15, 0.2) is 5.82 Å². The smallest absolute Gasteiger partial charge is 0.159 e. The average molecular weight is 258 g/mol. The maximum atomic E-state index is 5.66. The van der Waals surface area contributed by atoms with E-state index in [1.807, 2.05) is 10.9 Å². The van der Waals surface area contributed by atoms with E-state index < -0.39 is 0 Å². The zero-order chi connectivity index (χ0) is 10.1. The summed E-state index contributed by atoms with van der Waals surface area (Å²) in [4.78, 5) is 0. The first-order valence-electron chi connectivity index (χ1n) is 5.15. The summed E-state index contributed by atoms with van der Waals surface area (Å²) in [5.41, 5.74) is 5.66. The van der Waals surface area contributed by atoms with Crippen molar-refractivity contribution >= 4 is 21.7 Å². The summed E-state index contributed by atoms with van der Waals surface area (Å²) in [6.07, 6.45) is 6.14. The van der Waals surface area contributed by atoms with Gasteiger partial charge in [-0.05, 0) is 27.8 Å². The van der Waals surface area contributed by atoms with E-state index in [0.29, 0.717) is 5.82 Å². The van der Waals surface area contributed by atoms with E-state index in [2.05, 4.69) is 28.0 Å². The van der Waals surface area contributed by atoms with Crippen molar-refractivity contribution in [3.05, 3.63) is 10.7 Å². The molecule has 1 aliphatic rings. The Bertz CT molecular complexity index is 298. The summed E-state index contributed by atoms with van der Waals surface area (Å²) < 4.78 is 2.85. The van der Waals surface area contributed by atoms with Crippen LogP contribution in [0, 0.1) is 11.8 Å². The standard InChI is InChI=1S/C10H16BrN3/c1-7(8-3-2-4-8)5-14-6-9(11)10(12)13-14/h6-8H,2-5H2,1H3,(H2,12,13). The normalized spacial score (nSPS) is 19.3. The molecule has 0 saturated heterocycles. The van der Waals surface area contributed by atoms with E-state index in [1.54, 1.807) is 0 Å². The number of nitrogen functional groups attached to an aromatic ring is 1. The van der Waals surface area contributed by atoms with Crippen molar-refractivity contribution in [1.82, 2.24) is 9.78 Å². The van der Waals surface area contributed by atoms with Gasteiger partial charge in [-0.1, -0.05) is 26.2 Å². The molecule has 78 valence electrons. The molecule has 1 saturated carbocycles. The molecule has 1 aliphatic carbocycles. The van der Waals surface area contributed by atoms with Crippen LogP contribution in [0.5, 0.6) is 0 Å². The lowest BCUT2D eigenvalue weighted by Crippen LogP contribution is -2.23. The molecule has 4 heteroatoms. The van der Waals surface area contributed by atoms with Crippen LogP contribution >= 0.6 is 15.9 Å². The summed E-state index contributed by atoms with van der Waals surface area (Å²) >= 11 is 3.37. The Morgan fingerprint density at radius 2 is 2.43 bits per heavy atom. The third kappa shape index (κ3) is 1.95. The van der Waals surface area contributed by atoms with Crippen LogP contribution in [0.2, 0.25) is 0 Å². The Morgan fingerprint density at radius 1 is 1.71 bits per heavy atom. The zero-order valence-electron chi connectivity index (χ0n) is 8.41. The lowest BCUT2D eigenvalue weighted by Gasteiger charge is -2.31. The molecule has 2 N–H and O–H groups in total. The first-order valence-corrected chi connectivity index (χ1v) is 5.94. The minimum absolute atomic E-state index is 0.589. The minimum Gasteiger partial charge on any atom is -0.381 e. The van der Waals surface area contributed by atoms with E-state index in [-0.39, 0.29) is 0 Å². The van der Waals surface area contributed by atoms with Gasteiger partial charge in [-0.2, -0.15) is 5.10 Å². The van der Waals surface area contributed by atoms with Crippen LogP contribution in [-0.2, 0) is 6.54 Å². The number of aromatic nitrogens is 2. The predicted molar refractivity (Wildman–Crippen MR) is 60.8 cm³/mol. The first-order chi connectivity index (χ1) is 6.66. The Kier molecular flexibility index (Phi) is 2.81. The summed E-state index contributed by atoms with van der Waals surface area (Å²) in [6, 6.07) is 0. The SMILES string of the molecule is CC(Cn1cc(Br)c(N)n1)C1CCC1. The van der Waals surface area contributed by atoms with E-state index in [9.17, 15) is 0 Å². The molecule has 0 spiro atoms. The molecule has 1 aromatic rings. The van der Waals surface area contributed by atoms with Gasteiger partial charge in [0.05, 0.1) is 4.47 Å². The molecule has 1 aromatic heterocycles. The molecule has 0 amide bonds. The molecular weight excluding hydrogens is 242 g/mol. The van der Waals surface area contributed by atoms with Crippen molar-refractivity contribution in [3.63, 3.8) is 0 Å². The van der Waals surface area contributed by atoms with Gasteiger partial charge in [0.1, 0.15) is 0 Å². The van der Waals surface area contributed by atoms with E-state index in [0.717, 1.165) is 22.9 Å². The maximum Gasteiger partial charge on any atom is 0.159 e. The molecule has 0 aromatic carbocycles. The van der Waals surface area contributed by atoms with Gasteiger partial charge in [0.25, 0.3) is 0 Å². The summed E-state index contributed by atoms with van der Waals surface area (Å²) in [7, 11) is 0. The number of rotatable bonds is 3. The second-order valence-electron chi connectivity index (χ2n) is 4.25. The van der Waals surface area contributed by atoms with Gasteiger partial charge in [-0.3, -0.25) is 4.68 Å². The highest BCUT2D eigenvalue weighted by Gasteiger charge is 2.24. The molecule has 3 nitrogen and oxygen atoms in total. The van der Waals surface area contributed by atoms with Crippen LogP contribution in [0.25, 0.3) is 0 Å². The van der Waals surface area contributed by atoms with Crippen LogP contribution in [0.3, 0.4) is 0 Å². The summed E-state index contributed by atoms with van der Waals surface area (Å²) in [6.45, 7) is 3.29. The summed E-state index contributed by atoms with van der Waals surface area (Å²) in [5, 5.41) is 4.24. The number of hydrogen-bond acceptors (Lipinski definition) is 2. The predicted octanol–water partition coefficient (Wildman–Crippen LogP) is 2.66. The Morgan fingerprint density at radius 3 is 2.86 bits per heavy atom. The number of hydrogen-bond donors (Lipinski definition) is 1. The fraction of sp³-hybridized carbons (Fsp3) is 0.700. The topological polar surface area (TPSA) is 43.8 Å². The lowest BCUT2D eigenvalue weighted by molar-refractivity contribution is 0.196. The fourth-order valence-corrected chi connectivity index (χ4v) is 2.27. The molecule has 1 atom stereocenters. The highest BCUT2D eigenvalue weighted by Crippen LogP contribution is 2.34. The van der Waals surface area contributed by atoms with Gasteiger partial charge in [-0.15, -0.1) is 0 Å². The van der Waals surface area contributed by atoms with Gasteiger partial charge in [-0.25, -0.2) is 0 Å². The number of nitrogens with zero attached hydrogens (tertiary/aromatic N) is 2. The molecule has 0 radical (unpaired) electrons. The monoisotopic (exact) mass is 257 g/mol. The van der Waals surface area contributed by atoms with Crippen molar-refractivity contribution in [2.45, 2.75) is 32.7 Å². The second-order valence-corrected chi connectivity index (χ2v) is 5.11. The Hall–Kier alpha value is -0.510. The minimum atomic E-state index is 0.589. The van der Waals surface area contributed by atoms with Gasteiger partial charge >= 0.3 is 0 Å². The summed E-state index contributed by atoms with van der Waals surface area (Å²) in [5.74, 6) is 2.21. The molecule has 1 unspecified atom stereocenters. The van der Waals surface area contributed by atoms with E-state index in [1.165, 1.54) is 19.3 Å². The third-order valence-electron chi connectivity index (χ3n) is 3.17. The van der Waals surface area contributed by atoms with Crippen LogP contribution in [-0.4, -0.2) is 9.78 Å². The molecular formula is C10H16BrN3. The molecule has 14 heavy (non-hydrogen) atoms. The first kappa shape index (κ1) is 10.0. The molecule has 1 fully saturated rings. The van der Waals surface area contributed by atoms with Crippen molar-refractivity contribution < 1.29 is 0 Å². The van der Waals surface area contributed by atoms with Gasteiger partial charge < -0.3 is 5.73 Å². The van der Waals surface area contributed by atoms with Crippen molar-refractivity contribution in [3.8, 4) is 0 Å². The number of nitrogens with two attached hydrogens (primary N) is 1. The molecule has 0 aliphatic heterocycles. The van der Waals surface area contributed by atoms with Crippen LogP contribution in [0.1, 0.15) is 26.2 Å². The third-order valence-corrected chi connectivity index (χ3v) is 3.78. The van der Waals surface area contributed by atoms with Crippen LogP contribution in [0.4, 0.5) is 5.82 Å².